The molecular formula is C32H70. The van der Waals surface area contributed by atoms with E-state index in [1.54, 1.807) is 0 Å². The summed E-state index contributed by atoms with van der Waals surface area (Å²) >= 11 is 0. The lowest BCUT2D eigenvalue weighted by molar-refractivity contribution is 0.256. The standard InChI is InChI=1S/C15H30.C6H10.3C3H8.C2H6/c1-4-6-14(5-2)11-12-15-9-7-13(3)8-10-15;1-3-5-6-4-2;3*1-3-2;1-2/h13-15H,4-12H2,1-3H3;3,5H2,1-2H3;3*3H2,1-2H3;1-2H3. The zero-order valence-electron chi connectivity index (χ0n) is 25.6. The first-order chi connectivity index (χ1) is 15.4. The van der Waals surface area contributed by atoms with Gasteiger partial charge in [0, 0.05) is 6.42 Å². The Kier molecular flexibility index (Phi) is 57.8. The summed E-state index contributed by atoms with van der Waals surface area (Å²) in [6.07, 6.45) is 19.3. The van der Waals surface area contributed by atoms with Gasteiger partial charge in [-0.05, 0) is 31.1 Å². The topological polar surface area (TPSA) is 0 Å². The minimum atomic E-state index is 1.01. The third-order valence-corrected chi connectivity index (χ3v) is 4.94. The van der Waals surface area contributed by atoms with Crippen molar-refractivity contribution in [2.45, 2.75) is 180 Å². The van der Waals surface area contributed by atoms with E-state index < -0.39 is 0 Å². The predicted molar refractivity (Wildman–Crippen MR) is 157 cm³/mol. The number of rotatable bonds is 7. The van der Waals surface area contributed by atoms with Crippen LogP contribution in [0.4, 0.5) is 0 Å². The molecule has 0 amide bonds. The lowest BCUT2D eigenvalue weighted by atomic mass is 9.79. The van der Waals surface area contributed by atoms with E-state index in [4.69, 9.17) is 0 Å². The van der Waals surface area contributed by atoms with Crippen LogP contribution in [0.3, 0.4) is 0 Å². The van der Waals surface area contributed by atoms with Crippen molar-refractivity contribution in [3.8, 4) is 11.8 Å². The molecule has 0 heteroatoms. The van der Waals surface area contributed by atoms with Gasteiger partial charge < -0.3 is 0 Å². The predicted octanol–water partition coefficient (Wildman–Crippen LogP) is 12.5. The number of hydrogen-bond donors (Lipinski definition) is 0. The van der Waals surface area contributed by atoms with Crippen LogP contribution in [0, 0.1) is 29.6 Å². The lowest BCUT2D eigenvalue weighted by Crippen LogP contribution is -2.13. The Bertz CT molecular complexity index is 293. The van der Waals surface area contributed by atoms with E-state index in [-0.39, 0.29) is 0 Å². The summed E-state index contributed by atoms with van der Waals surface area (Å²) in [4.78, 5) is 0. The van der Waals surface area contributed by atoms with Gasteiger partial charge in [0.1, 0.15) is 0 Å². The van der Waals surface area contributed by atoms with E-state index in [1.165, 1.54) is 83.5 Å². The van der Waals surface area contributed by atoms with Crippen LogP contribution in [0.25, 0.3) is 0 Å². The van der Waals surface area contributed by atoms with Gasteiger partial charge in [-0.2, -0.15) is 0 Å². The van der Waals surface area contributed by atoms with E-state index in [1.807, 2.05) is 20.8 Å². The molecule has 0 heterocycles. The minimum Gasteiger partial charge on any atom is -0.107 e. The number of hydrogen-bond acceptors (Lipinski definition) is 0. The lowest BCUT2D eigenvalue weighted by Gasteiger charge is -2.27. The van der Waals surface area contributed by atoms with Crippen molar-refractivity contribution in [3.05, 3.63) is 0 Å². The van der Waals surface area contributed by atoms with Crippen LogP contribution in [0.1, 0.15) is 180 Å². The molecule has 0 spiro atoms. The Morgan fingerprint density at radius 3 is 1.41 bits per heavy atom. The third kappa shape index (κ3) is 47.4. The molecule has 0 aromatic heterocycles. The van der Waals surface area contributed by atoms with Crippen LogP contribution < -0.4 is 0 Å². The van der Waals surface area contributed by atoms with Crippen molar-refractivity contribution in [1.82, 2.24) is 0 Å². The summed E-state index contributed by atoms with van der Waals surface area (Å²) in [7, 11) is 0. The second-order valence-electron chi connectivity index (χ2n) is 9.06. The molecule has 1 aliphatic rings. The van der Waals surface area contributed by atoms with Crippen LogP contribution in [0.2, 0.25) is 0 Å². The molecule has 0 nitrogen and oxygen atoms in total. The normalized spacial score (nSPS) is 16.7. The SMILES string of the molecule is CC.CC#CCCC.CCC.CCC.CCC.CCCC(CC)CCC1CCC(C)CC1. The Hall–Kier alpha value is -0.440. The summed E-state index contributed by atoms with van der Waals surface area (Å²) in [6.45, 7) is 27.9. The zero-order chi connectivity index (χ0) is 26.0. The van der Waals surface area contributed by atoms with E-state index in [2.05, 4.69) is 81.1 Å². The van der Waals surface area contributed by atoms with Gasteiger partial charge in [0.05, 0.1) is 0 Å². The Morgan fingerprint density at radius 2 is 1.12 bits per heavy atom. The first-order valence-electron chi connectivity index (χ1n) is 14.8. The summed E-state index contributed by atoms with van der Waals surface area (Å²) in [5.41, 5.74) is 0. The molecule has 198 valence electrons. The highest BCUT2D eigenvalue weighted by Crippen LogP contribution is 2.32. The van der Waals surface area contributed by atoms with Crippen molar-refractivity contribution in [1.29, 1.82) is 0 Å². The molecule has 1 atom stereocenters. The molecule has 0 radical (unpaired) electrons. The highest BCUT2D eigenvalue weighted by Gasteiger charge is 2.18. The zero-order valence-corrected chi connectivity index (χ0v) is 25.6. The molecule has 0 bridgehead atoms. The maximum atomic E-state index is 2.95. The molecule has 0 aliphatic heterocycles. The Morgan fingerprint density at radius 1 is 0.688 bits per heavy atom. The quantitative estimate of drug-likeness (QED) is 0.335. The molecule has 1 fully saturated rings. The summed E-state index contributed by atoms with van der Waals surface area (Å²) in [6, 6.07) is 0. The fourth-order valence-corrected chi connectivity index (χ4v) is 3.30. The van der Waals surface area contributed by atoms with Gasteiger partial charge in [-0.25, -0.2) is 0 Å². The van der Waals surface area contributed by atoms with E-state index in [0.29, 0.717) is 0 Å². The van der Waals surface area contributed by atoms with E-state index >= 15 is 0 Å². The minimum absolute atomic E-state index is 1.01. The molecule has 0 N–H and O–H groups in total. The average molecular weight is 455 g/mol. The van der Waals surface area contributed by atoms with Crippen LogP contribution in [-0.2, 0) is 0 Å². The molecular weight excluding hydrogens is 384 g/mol. The summed E-state index contributed by atoms with van der Waals surface area (Å²) in [5.74, 6) is 8.88. The summed E-state index contributed by atoms with van der Waals surface area (Å²) in [5, 5.41) is 0. The monoisotopic (exact) mass is 455 g/mol. The van der Waals surface area contributed by atoms with Gasteiger partial charge >= 0.3 is 0 Å². The van der Waals surface area contributed by atoms with Gasteiger partial charge in [0.25, 0.3) is 0 Å². The van der Waals surface area contributed by atoms with E-state index in [0.717, 1.165) is 24.2 Å². The smallest absolute Gasteiger partial charge is 0.00859 e. The third-order valence-electron chi connectivity index (χ3n) is 4.94. The summed E-state index contributed by atoms with van der Waals surface area (Å²) < 4.78 is 0. The van der Waals surface area contributed by atoms with Crippen molar-refractivity contribution in [3.63, 3.8) is 0 Å². The van der Waals surface area contributed by atoms with Gasteiger partial charge in [-0.1, -0.05) is 160 Å². The highest BCUT2D eigenvalue weighted by molar-refractivity contribution is 4.93. The second kappa shape index (κ2) is 44.3. The molecule has 0 aromatic carbocycles. The molecule has 1 saturated carbocycles. The average Bonchev–Trinajstić information content (AvgIpc) is 2.80. The van der Waals surface area contributed by atoms with E-state index in [9.17, 15) is 0 Å². The van der Waals surface area contributed by atoms with Crippen LogP contribution in [0.15, 0.2) is 0 Å². The second-order valence-corrected chi connectivity index (χ2v) is 9.06. The van der Waals surface area contributed by atoms with Gasteiger partial charge in [0.2, 0.25) is 0 Å². The van der Waals surface area contributed by atoms with Gasteiger partial charge in [-0.3, -0.25) is 0 Å². The molecule has 1 aliphatic carbocycles. The number of unbranched alkanes of at least 4 members (excludes halogenated alkanes) is 1. The molecule has 1 unspecified atom stereocenters. The van der Waals surface area contributed by atoms with Gasteiger partial charge in [0.15, 0.2) is 0 Å². The van der Waals surface area contributed by atoms with Gasteiger partial charge in [-0.15, -0.1) is 11.8 Å². The van der Waals surface area contributed by atoms with Crippen LogP contribution in [-0.4, -0.2) is 0 Å². The molecule has 0 saturated heterocycles. The maximum absolute atomic E-state index is 2.95. The maximum Gasteiger partial charge on any atom is 0.00859 e. The van der Waals surface area contributed by atoms with Crippen LogP contribution >= 0.6 is 0 Å². The van der Waals surface area contributed by atoms with Crippen molar-refractivity contribution in [2.75, 3.05) is 0 Å². The Balaban J connectivity index is -0.000000118. The molecule has 0 aromatic rings. The largest absolute Gasteiger partial charge is 0.107 e. The molecule has 32 heavy (non-hydrogen) atoms. The Labute approximate surface area is 209 Å². The first kappa shape index (κ1) is 41.8. The fourth-order valence-electron chi connectivity index (χ4n) is 3.30. The first-order valence-corrected chi connectivity index (χ1v) is 14.8. The van der Waals surface area contributed by atoms with Crippen molar-refractivity contribution >= 4 is 0 Å². The fraction of sp³-hybridized carbons (Fsp3) is 0.938. The molecule has 1 rings (SSSR count). The van der Waals surface area contributed by atoms with Crippen molar-refractivity contribution < 1.29 is 0 Å². The van der Waals surface area contributed by atoms with Crippen LogP contribution in [0.5, 0.6) is 0 Å². The highest BCUT2D eigenvalue weighted by atomic mass is 14.2. The van der Waals surface area contributed by atoms with Crippen molar-refractivity contribution in [2.24, 2.45) is 17.8 Å².